The quantitative estimate of drug-likeness (QED) is 0.0484. The van der Waals surface area contributed by atoms with E-state index in [4.69, 9.17) is 40.6 Å². The number of carbonyl (C=O) groups is 5. The second-order valence-corrected chi connectivity index (χ2v) is 64.9. The molecule has 0 aromatic rings. The van der Waals surface area contributed by atoms with Crippen LogP contribution in [0.3, 0.4) is 0 Å². The van der Waals surface area contributed by atoms with Crippen LogP contribution in [0.2, 0.25) is 0 Å². The molecular weight excluding hydrogens is 1800 g/mol. The van der Waals surface area contributed by atoms with Crippen molar-refractivity contribution in [2.24, 2.45) is 11.0 Å². The summed E-state index contributed by atoms with van der Waals surface area (Å²) in [6.45, 7) is 43.2. The van der Waals surface area contributed by atoms with Gasteiger partial charge in [-0.3, -0.25) is 14.5 Å². The summed E-state index contributed by atoms with van der Waals surface area (Å²) in [5, 5.41) is 146. The summed E-state index contributed by atoms with van der Waals surface area (Å²) in [5.41, 5.74) is 2.95. The van der Waals surface area contributed by atoms with E-state index in [9.17, 15) is 85.3 Å². The smallest absolute Gasteiger partial charge is 0.325 e. The second kappa shape index (κ2) is 45.7. The molecule has 36 nitrogen and oxygen atoms in total. The molecule has 12 heterocycles. The van der Waals surface area contributed by atoms with Gasteiger partial charge < -0.3 is 142 Å². The van der Waals surface area contributed by atoms with E-state index < -0.39 is 182 Å². The van der Waals surface area contributed by atoms with Crippen molar-refractivity contribution in [2.75, 3.05) is 138 Å². The summed E-state index contributed by atoms with van der Waals surface area (Å²) < 4.78 is 35.0. The predicted octanol–water partition coefficient (Wildman–Crippen LogP) is 1.78. The minimum atomic E-state index is -1.23. The van der Waals surface area contributed by atoms with Gasteiger partial charge in [-0.25, -0.2) is 19.4 Å². The van der Waals surface area contributed by atoms with Gasteiger partial charge in [0.1, 0.15) is 120 Å². The van der Waals surface area contributed by atoms with Crippen LogP contribution in [-0.4, -0.2) is 449 Å². The monoisotopic (exact) mass is 1950 g/mol. The van der Waals surface area contributed by atoms with Crippen molar-refractivity contribution in [1.82, 2.24) is 61.8 Å². The van der Waals surface area contributed by atoms with Crippen molar-refractivity contribution in [1.29, 1.82) is 0 Å². The third-order valence-corrected chi connectivity index (χ3v) is 32.0. The van der Waals surface area contributed by atoms with Gasteiger partial charge in [0.15, 0.2) is 18.7 Å². The molecule has 0 saturated carbocycles. The molecule has 0 spiro atoms. The third-order valence-electron chi connectivity index (χ3n) is 22.9. The molecule has 0 aliphatic carbocycles. The number of aliphatic hydroxyl groups is 12. The van der Waals surface area contributed by atoms with Gasteiger partial charge in [0, 0.05) is 79.3 Å². The summed E-state index contributed by atoms with van der Waals surface area (Å²) >= 11 is 5.03. The molecule has 19 N–H and O–H groups in total. The van der Waals surface area contributed by atoms with Gasteiger partial charge in [-0.1, -0.05) is 58.6 Å². The highest BCUT2D eigenvalue weighted by Crippen LogP contribution is 2.46. The fourth-order valence-corrected chi connectivity index (χ4v) is 21.0. The fourth-order valence-electron chi connectivity index (χ4n) is 15.1. The molecule has 0 aromatic carbocycles. The zero-order valence-corrected chi connectivity index (χ0v) is 83.4. The minimum absolute atomic E-state index is 0.0885. The lowest BCUT2D eigenvalue weighted by Crippen LogP contribution is -2.54. The Hall–Kier alpha value is -5.81. The highest BCUT2D eigenvalue weighted by molar-refractivity contribution is 7.80. The van der Waals surface area contributed by atoms with Crippen molar-refractivity contribution in [3.05, 3.63) is 122 Å². The highest BCUT2D eigenvalue weighted by atomic mass is 32.1. The van der Waals surface area contributed by atoms with Crippen LogP contribution in [0.25, 0.3) is 0 Å². The van der Waals surface area contributed by atoms with E-state index in [0.29, 0.717) is 95.5 Å². The maximum atomic E-state index is 11.6. The lowest BCUT2D eigenvalue weighted by molar-refractivity contribution is -0.133. The molecule has 0 bridgehead atoms. The van der Waals surface area contributed by atoms with Crippen LogP contribution in [0.5, 0.6) is 0 Å². The topological polar surface area (TPSA) is 496 Å². The zero-order chi connectivity index (χ0) is 97.3. The average molecular weight is 1950 g/mol. The first-order valence-electron chi connectivity index (χ1n) is 42.4. The number of hydrazone groups is 1. The maximum absolute atomic E-state index is 11.6. The molecule has 8 amide bonds. The molecule has 728 valence electrons. The SMILES string of the molecule is C=C1C([C@@H]2O[C@H](CCP(=C)(C)C)[C@@H](O)[C@H]2O)=CNC(=O)N1C.C=C1NC(=O)C(C)CN1[C@@H]1O[C@H](CCP(=C)(C)C)[C@@H](O)[C@H]1O.C=C1NC(=O)C=NN1[C@@H]1O[C@H](CCP(=C)(C)C)[C@@H](O)[C@H]1O.C=C1NC(=O)N(C)C=C1[C@@H]1O[C@H](CCP(=C)(C)C)[C@@H](O)[C@H]1O.C=C1NC(=O)NC=C1[C@@H]1O[C@H](CCP(=C)(C)C)[C@@H](O)[C@H]1O.C=C1NC(=S)C=CN1[C@@H]1O[C@H](CCP(=C)(C)C)[C@@H](O)[C@H]1O. The first-order valence-corrected chi connectivity index (χ1v) is 61.2. The van der Waals surface area contributed by atoms with Gasteiger partial charge in [-0.05, 0) is 162 Å². The highest BCUT2D eigenvalue weighted by Gasteiger charge is 2.53. The van der Waals surface area contributed by atoms with E-state index in [-0.39, 0.29) is 47.8 Å². The number of aliphatic hydroxyl groups excluding tert-OH is 12. The van der Waals surface area contributed by atoms with Crippen molar-refractivity contribution in [3.63, 3.8) is 0 Å². The Balaban J connectivity index is 0.000000212. The van der Waals surface area contributed by atoms with Crippen molar-refractivity contribution >= 4 is 132 Å². The van der Waals surface area contributed by atoms with Crippen LogP contribution in [0, 0.1) is 5.92 Å². The molecule has 12 aliphatic heterocycles. The largest absolute Gasteiger partial charge is 0.388 e. The first kappa shape index (κ1) is 110. The second-order valence-electron chi connectivity index (χ2n) is 38.6. The van der Waals surface area contributed by atoms with Crippen LogP contribution in [-0.2, 0) is 38.0 Å². The van der Waals surface area contributed by atoms with E-state index in [1.165, 1.54) is 27.2 Å². The number of rotatable bonds is 24. The van der Waals surface area contributed by atoms with Crippen molar-refractivity contribution in [3.8, 4) is 0 Å². The summed E-state index contributed by atoms with van der Waals surface area (Å²) in [5.74, 6) is 0.458. The van der Waals surface area contributed by atoms with E-state index in [0.717, 1.165) is 43.2 Å². The van der Waals surface area contributed by atoms with Gasteiger partial charge in [0.05, 0.1) is 42.5 Å². The van der Waals surface area contributed by atoms with E-state index in [1.54, 1.807) is 49.3 Å². The van der Waals surface area contributed by atoms with E-state index >= 15 is 0 Å². The van der Waals surface area contributed by atoms with Crippen LogP contribution in [0.1, 0.15) is 45.4 Å². The van der Waals surface area contributed by atoms with Crippen LogP contribution in [0.15, 0.2) is 127 Å². The number of ether oxygens (including phenoxy) is 6. The van der Waals surface area contributed by atoms with Gasteiger partial charge in [0.2, 0.25) is 5.91 Å². The first-order chi connectivity index (χ1) is 59.4. The number of carbonyl (C=O) groups excluding carboxylic acids is 5. The molecular formula is C86H145N13O23P6S. The number of amides is 8. The number of hydrogen-bond acceptors (Lipinski definition) is 28. The van der Waals surface area contributed by atoms with E-state index in [1.807, 2.05) is 0 Å². The minimum Gasteiger partial charge on any atom is -0.388 e. The Kier molecular flexibility index (Phi) is 39.0. The molecule has 0 aromatic heterocycles. The molecule has 129 heavy (non-hydrogen) atoms. The van der Waals surface area contributed by atoms with Crippen LogP contribution in [0.4, 0.5) is 14.4 Å². The number of hydrogen-bond donors (Lipinski definition) is 19. The van der Waals surface area contributed by atoms with Gasteiger partial charge in [0.25, 0.3) is 5.91 Å². The Morgan fingerprint density at radius 1 is 0.426 bits per heavy atom. The predicted molar refractivity (Wildman–Crippen MR) is 529 cm³/mol. The molecule has 0 radical (unpaired) electrons. The molecule has 12 rings (SSSR count). The molecule has 7 fully saturated rings. The number of nitrogens with one attached hydrogen (secondary N) is 7. The fraction of sp³-hybridized carbons (Fsp3) is 0.616. The summed E-state index contributed by atoms with van der Waals surface area (Å²) in [6, 6.07) is -0.958. The van der Waals surface area contributed by atoms with Gasteiger partial charge in [-0.15, -0.1) is 79.1 Å². The van der Waals surface area contributed by atoms with Gasteiger partial charge >= 0.3 is 18.1 Å². The Morgan fingerprint density at radius 3 is 1.20 bits per heavy atom. The van der Waals surface area contributed by atoms with Gasteiger partial charge in [-0.2, -0.15) is 5.10 Å². The van der Waals surface area contributed by atoms with Crippen LogP contribution < -0.4 is 37.2 Å². The van der Waals surface area contributed by atoms with E-state index in [2.05, 4.69) is 200 Å². The third kappa shape index (κ3) is 31.1. The number of likely N-dealkylation sites (N-methyl/N-ethyl adjacent to an activating group) is 1. The Bertz CT molecular complexity index is 4530. The zero-order valence-electron chi connectivity index (χ0n) is 77.2. The standard InChI is InChI=1S/2C15H25N2O4P.C15H27N2O4P.C14H23N2O4P.C14H23N2O3PS.C13H22N3O4P/c1-9-10(8-17(2)15(20)16-9)14-13(19)12(18)11(21-14)6-7-22(3,4)5;1-9-10(8-16-15(20)17(9)2)14-13(19)12(18)11(21-14)6-7-22(3,4)5;1-9-8-17(10(2)16-14(9)20)15-13(19)12(18)11(21-15)6-7-22(3,4)5;1-8-9(7-15-14(19)16-8)13-12(18)11(17)10(20-13)5-6-21(2,3)4;1-9-15-11(21)5-7-16(9)14-13(18)12(17)10(19-14)6-8-20(2,3)4;1-8-15-10(17)7-14-16(8)13-12(19)11(18)9(20-13)5-6-21(2,3)4/h2*8,11-14,18-19H,1,3,6-7H2,2,4-5H3,(H,16,20);9,11-13,15,18-19H,2-3,6-8H2,1,4-5H3,(H,16,20);7,10-13,17-18H,1-2,5-6H2,3-4H3,(H2,15,16,19);5,7,10,12-14,17-18H,1-2,6,8H2,3-4H3,(H,15,21);7,9,11-13,18-19H,1-2,5-6H2,3-4H3,(H,15,17)/t2*11-,12-,13-,14+;9?,11-,12-,13-,15-;10-,11-,12-,13+;10-,12-,13-,14-;9-,11-,12-,13-/m111111/s1. The van der Waals surface area contributed by atoms with Crippen molar-refractivity contribution < 1.29 is 114 Å². The molecule has 25 atom stereocenters. The molecule has 43 heteroatoms. The number of urea groups is 3. The summed E-state index contributed by atoms with van der Waals surface area (Å²) in [6.07, 6.45) is 24.3. The normalized spacial score (nSPS) is 33.8. The Morgan fingerprint density at radius 2 is 0.791 bits per heavy atom. The summed E-state index contributed by atoms with van der Waals surface area (Å²) in [7, 11) is 3.20. The molecule has 7 saturated heterocycles. The number of nitrogens with zero attached hydrogens (tertiary/aromatic N) is 6. The van der Waals surface area contributed by atoms with Crippen LogP contribution >= 0.6 is 53.5 Å². The van der Waals surface area contributed by atoms with Crippen molar-refractivity contribution in [2.45, 2.75) is 192 Å². The Labute approximate surface area is 766 Å². The lowest BCUT2D eigenvalue weighted by Gasteiger charge is -2.39. The summed E-state index contributed by atoms with van der Waals surface area (Å²) in [4.78, 5) is 63.7. The maximum Gasteiger partial charge on any atom is 0.325 e. The molecule has 1 unspecified atom stereocenters. The lowest BCUT2D eigenvalue weighted by atomic mass is 9.98. The molecule has 12 aliphatic rings. The number of thiocarbonyl (C=S) groups is 1. The average Bonchev–Trinajstić information content (AvgIpc) is 1.67.